The van der Waals surface area contributed by atoms with Gasteiger partial charge in [-0.05, 0) is 31.4 Å². The Morgan fingerprint density at radius 2 is 2.35 bits per heavy atom. The maximum absolute atomic E-state index is 11.8. The average Bonchev–Trinajstić information content (AvgIpc) is 2.95. The number of thiophene rings is 1. The van der Waals surface area contributed by atoms with Crippen LogP contribution in [0.4, 0.5) is 11.5 Å². The number of nitrogens with two attached hydrogens (primary N) is 1. The zero-order chi connectivity index (χ0) is 14.5. The van der Waals surface area contributed by atoms with Crippen molar-refractivity contribution in [2.75, 3.05) is 17.7 Å². The van der Waals surface area contributed by atoms with Gasteiger partial charge in [-0.25, -0.2) is 9.78 Å². The first-order valence-electron chi connectivity index (χ1n) is 6.35. The summed E-state index contributed by atoms with van der Waals surface area (Å²) >= 11 is 1.65. The van der Waals surface area contributed by atoms with Crippen molar-refractivity contribution in [3.63, 3.8) is 0 Å². The number of ether oxygens (including phenoxy) is 1. The van der Waals surface area contributed by atoms with Crippen LogP contribution in [0.2, 0.25) is 0 Å². The molecule has 2 aromatic heterocycles. The van der Waals surface area contributed by atoms with Crippen LogP contribution in [0.5, 0.6) is 0 Å². The van der Waals surface area contributed by atoms with Crippen LogP contribution in [-0.2, 0) is 4.74 Å². The van der Waals surface area contributed by atoms with Gasteiger partial charge in [-0.1, -0.05) is 6.07 Å². The molecular formula is C14H17N3O2S. The molecule has 0 bridgehead atoms. The van der Waals surface area contributed by atoms with E-state index in [2.05, 4.69) is 10.3 Å². The van der Waals surface area contributed by atoms with Crippen LogP contribution in [0, 0.1) is 0 Å². The number of aromatic nitrogens is 1. The minimum atomic E-state index is -0.431. The number of anilines is 2. The predicted octanol–water partition coefficient (Wildman–Crippen LogP) is 3.08. The van der Waals surface area contributed by atoms with Crippen LogP contribution in [0.3, 0.4) is 0 Å². The molecule has 106 valence electrons. The zero-order valence-electron chi connectivity index (χ0n) is 11.4. The molecule has 1 atom stereocenters. The van der Waals surface area contributed by atoms with Crippen LogP contribution in [0.1, 0.15) is 35.1 Å². The number of nitrogen functional groups attached to an aromatic ring is 1. The topological polar surface area (TPSA) is 77.2 Å². The molecule has 5 nitrogen and oxygen atoms in total. The Kier molecular flexibility index (Phi) is 4.57. The summed E-state index contributed by atoms with van der Waals surface area (Å²) in [5.74, 6) is 0.0654. The number of nitrogens with zero attached hydrogens (tertiary/aromatic N) is 1. The van der Waals surface area contributed by atoms with E-state index in [1.165, 1.54) is 4.88 Å². The molecule has 0 radical (unpaired) electrons. The highest BCUT2D eigenvalue weighted by atomic mass is 32.1. The summed E-state index contributed by atoms with van der Waals surface area (Å²) in [6.45, 7) is 4.09. The number of esters is 1. The lowest BCUT2D eigenvalue weighted by Crippen LogP contribution is -2.13. The van der Waals surface area contributed by atoms with Crippen LogP contribution >= 0.6 is 11.3 Å². The number of carbonyl (C=O) groups excluding carboxylic acids is 1. The van der Waals surface area contributed by atoms with Crippen molar-refractivity contribution in [3.8, 4) is 0 Å². The lowest BCUT2D eigenvalue weighted by atomic mass is 10.2. The van der Waals surface area contributed by atoms with E-state index in [-0.39, 0.29) is 6.04 Å². The van der Waals surface area contributed by atoms with Gasteiger partial charge in [0, 0.05) is 11.1 Å². The number of pyridine rings is 1. The number of nitrogens with one attached hydrogen (secondary N) is 1. The molecule has 0 aliphatic heterocycles. The molecule has 2 aromatic rings. The van der Waals surface area contributed by atoms with E-state index in [0.717, 1.165) is 0 Å². The number of hydrogen-bond acceptors (Lipinski definition) is 6. The molecule has 0 amide bonds. The molecule has 0 saturated carbocycles. The van der Waals surface area contributed by atoms with Crippen molar-refractivity contribution in [2.24, 2.45) is 0 Å². The van der Waals surface area contributed by atoms with Gasteiger partial charge in [-0.15, -0.1) is 11.3 Å². The molecule has 0 aromatic carbocycles. The summed E-state index contributed by atoms with van der Waals surface area (Å²) in [7, 11) is 0. The summed E-state index contributed by atoms with van der Waals surface area (Å²) in [4.78, 5) is 17.1. The van der Waals surface area contributed by atoms with Crippen LogP contribution in [-0.4, -0.2) is 17.6 Å². The molecule has 20 heavy (non-hydrogen) atoms. The van der Waals surface area contributed by atoms with Gasteiger partial charge in [0.2, 0.25) is 0 Å². The molecule has 2 rings (SSSR count). The quantitative estimate of drug-likeness (QED) is 0.828. The van der Waals surface area contributed by atoms with E-state index in [1.807, 2.05) is 24.4 Å². The van der Waals surface area contributed by atoms with Gasteiger partial charge in [0.1, 0.15) is 0 Å². The second-order valence-electron chi connectivity index (χ2n) is 4.22. The molecule has 0 fully saturated rings. The van der Waals surface area contributed by atoms with Crippen molar-refractivity contribution in [2.45, 2.75) is 19.9 Å². The highest BCUT2D eigenvalue weighted by Gasteiger charge is 2.16. The highest BCUT2D eigenvalue weighted by Crippen LogP contribution is 2.27. The lowest BCUT2D eigenvalue weighted by Gasteiger charge is -2.15. The fourth-order valence-corrected chi connectivity index (χ4v) is 2.52. The fraction of sp³-hybridized carbons (Fsp3) is 0.286. The van der Waals surface area contributed by atoms with Crippen LogP contribution in [0.25, 0.3) is 0 Å². The Labute approximate surface area is 121 Å². The van der Waals surface area contributed by atoms with E-state index in [1.54, 1.807) is 30.5 Å². The molecule has 2 heterocycles. The average molecular weight is 291 g/mol. The summed E-state index contributed by atoms with van der Waals surface area (Å²) in [6.07, 6.45) is 1.55. The minimum Gasteiger partial charge on any atom is -0.462 e. The van der Waals surface area contributed by atoms with Gasteiger partial charge < -0.3 is 15.8 Å². The van der Waals surface area contributed by atoms with Crippen molar-refractivity contribution in [1.29, 1.82) is 0 Å². The van der Waals surface area contributed by atoms with E-state index in [0.29, 0.717) is 23.7 Å². The first-order valence-corrected chi connectivity index (χ1v) is 7.23. The molecule has 1 unspecified atom stereocenters. The highest BCUT2D eigenvalue weighted by molar-refractivity contribution is 7.10. The number of rotatable bonds is 5. The summed E-state index contributed by atoms with van der Waals surface area (Å²) in [6, 6.07) is 5.66. The van der Waals surface area contributed by atoms with Gasteiger partial charge in [-0.2, -0.15) is 0 Å². The third-order valence-corrected chi connectivity index (χ3v) is 3.86. The molecule has 0 saturated heterocycles. The van der Waals surface area contributed by atoms with E-state index in [9.17, 15) is 4.79 Å². The van der Waals surface area contributed by atoms with Crippen molar-refractivity contribution in [3.05, 3.63) is 40.2 Å². The standard InChI is InChI=1S/C14H17N3O2S/c1-3-19-14(18)10-6-7-16-13(12(10)15)17-9(2)11-5-4-8-20-11/h4-9H,3,15H2,1-2H3,(H,16,17). The second kappa shape index (κ2) is 6.38. The van der Waals surface area contributed by atoms with Crippen molar-refractivity contribution < 1.29 is 9.53 Å². The maximum atomic E-state index is 11.8. The normalized spacial score (nSPS) is 11.9. The Morgan fingerprint density at radius 3 is 3.00 bits per heavy atom. The Morgan fingerprint density at radius 1 is 1.55 bits per heavy atom. The van der Waals surface area contributed by atoms with Gasteiger partial charge in [0.05, 0.1) is 23.9 Å². The SMILES string of the molecule is CCOC(=O)c1ccnc(NC(C)c2cccs2)c1N. The third-order valence-electron chi connectivity index (χ3n) is 2.81. The smallest absolute Gasteiger partial charge is 0.340 e. The minimum absolute atomic E-state index is 0.0715. The predicted molar refractivity (Wildman–Crippen MR) is 81.0 cm³/mol. The maximum Gasteiger partial charge on any atom is 0.340 e. The van der Waals surface area contributed by atoms with Crippen molar-refractivity contribution >= 4 is 28.8 Å². The first kappa shape index (κ1) is 14.3. The van der Waals surface area contributed by atoms with E-state index >= 15 is 0 Å². The monoisotopic (exact) mass is 291 g/mol. The third kappa shape index (κ3) is 3.08. The Balaban J connectivity index is 2.20. The fourth-order valence-electron chi connectivity index (χ4n) is 1.79. The largest absolute Gasteiger partial charge is 0.462 e. The Bertz CT molecular complexity index is 584. The number of hydrogen-bond donors (Lipinski definition) is 2. The second-order valence-corrected chi connectivity index (χ2v) is 5.20. The van der Waals surface area contributed by atoms with Crippen LogP contribution < -0.4 is 11.1 Å². The van der Waals surface area contributed by atoms with Gasteiger partial charge in [0.15, 0.2) is 5.82 Å². The molecule has 6 heteroatoms. The van der Waals surface area contributed by atoms with Gasteiger partial charge in [-0.3, -0.25) is 0 Å². The molecular weight excluding hydrogens is 274 g/mol. The lowest BCUT2D eigenvalue weighted by molar-refractivity contribution is 0.0527. The summed E-state index contributed by atoms with van der Waals surface area (Å²) < 4.78 is 4.97. The zero-order valence-corrected chi connectivity index (χ0v) is 12.2. The van der Waals surface area contributed by atoms with Crippen LogP contribution in [0.15, 0.2) is 29.8 Å². The van der Waals surface area contributed by atoms with E-state index in [4.69, 9.17) is 10.5 Å². The van der Waals surface area contributed by atoms with Gasteiger partial charge >= 0.3 is 5.97 Å². The first-order chi connectivity index (χ1) is 9.63. The molecule has 0 spiro atoms. The van der Waals surface area contributed by atoms with E-state index < -0.39 is 5.97 Å². The molecule has 3 N–H and O–H groups in total. The molecule has 0 aliphatic rings. The summed E-state index contributed by atoms with van der Waals surface area (Å²) in [5, 5.41) is 5.23. The number of carbonyl (C=O) groups is 1. The van der Waals surface area contributed by atoms with Crippen molar-refractivity contribution in [1.82, 2.24) is 4.98 Å². The Hall–Kier alpha value is -2.08. The molecule has 0 aliphatic carbocycles. The van der Waals surface area contributed by atoms with Gasteiger partial charge in [0.25, 0.3) is 0 Å². The summed E-state index contributed by atoms with van der Waals surface area (Å²) in [5.41, 5.74) is 6.64.